The van der Waals surface area contributed by atoms with E-state index in [4.69, 9.17) is 5.11 Å². The number of rotatable bonds is 4. The third-order valence-electron chi connectivity index (χ3n) is 3.50. The largest absolute Gasteiger partial charge is 0.395 e. The molecular weight excluding hydrogens is 262 g/mol. The highest BCUT2D eigenvalue weighted by Gasteiger charge is 2.33. The van der Waals surface area contributed by atoms with Crippen molar-refractivity contribution in [3.05, 3.63) is 16.6 Å². The molecule has 1 amide bonds. The summed E-state index contributed by atoms with van der Waals surface area (Å²) in [5.41, 5.74) is 0.952. The Morgan fingerprint density at radius 1 is 1.63 bits per heavy atom. The fraction of sp³-hybridized carbons (Fsp3) is 0.538. The number of amides is 1. The number of aliphatic hydroxyl groups is 1. The summed E-state index contributed by atoms with van der Waals surface area (Å²) in [4.78, 5) is 16.1. The molecule has 0 unspecified atom stereocenters. The topological polar surface area (TPSA) is 58.4 Å². The van der Waals surface area contributed by atoms with Gasteiger partial charge in [0.1, 0.15) is 4.83 Å². The molecule has 1 aliphatic carbocycles. The lowest BCUT2D eigenvalue weighted by atomic mass is 10.3. The van der Waals surface area contributed by atoms with E-state index in [2.05, 4.69) is 5.10 Å². The number of nitrogens with zero attached hydrogens (tertiary/aromatic N) is 3. The van der Waals surface area contributed by atoms with Crippen LogP contribution in [0.25, 0.3) is 10.2 Å². The third-order valence-corrected chi connectivity index (χ3v) is 4.69. The van der Waals surface area contributed by atoms with Crippen molar-refractivity contribution in [2.24, 2.45) is 7.05 Å². The first-order valence-electron chi connectivity index (χ1n) is 6.46. The van der Waals surface area contributed by atoms with Crippen molar-refractivity contribution in [2.45, 2.75) is 25.8 Å². The highest BCUT2D eigenvalue weighted by Crippen LogP contribution is 2.32. The molecule has 3 rings (SSSR count). The number of carbonyl (C=O) groups excluding carboxylic acids is 1. The van der Waals surface area contributed by atoms with Crippen LogP contribution in [-0.4, -0.2) is 44.9 Å². The van der Waals surface area contributed by atoms with Gasteiger partial charge in [-0.2, -0.15) is 5.10 Å². The molecule has 1 aliphatic rings. The maximum atomic E-state index is 12.5. The van der Waals surface area contributed by atoms with Crippen LogP contribution in [0.2, 0.25) is 0 Å². The lowest BCUT2D eigenvalue weighted by Gasteiger charge is -2.20. The Hall–Kier alpha value is -1.40. The first-order chi connectivity index (χ1) is 9.11. The van der Waals surface area contributed by atoms with Gasteiger partial charge in [-0.1, -0.05) is 0 Å². The molecule has 2 heterocycles. The monoisotopic (exact) mass is 279 g/mol. The van der Waals surface area contributed by atoms with Crippen molar-refractivity contribution >= 4 is 27.5 Å². The molecule has 0 aliphatic heterocycles. The first-order valence-corrected chi connectivity index (χ1v) is 7.28. The maximum absolute atomic E-state index is 12.5. The highest BCUT2D eigenvalue weighted by atomic mass is 32.1. The average molecular weight is 279 g/mol. The van der Waals surface area contributed by atoms with Crippen LogP contribution in [0.3, 0.4) is 0 Å². The van der Waals surface area contributed by atoms with E-state index >= 15 is 0 Å². The summed E-state index contributed by atoms with van der Waals surface area (Å²) < 4.78 is 1.82. The van der Waals surface area contributed by atoms with Gasteiger partial charge in [-0.05, 0) is 25.8 Å². The Morgan fingerprint density at radius 3 is 2.95 bits per heavy atom. The van der Waals surface area contributed by atoms with Crippen LogP contribution in [-0.2, 0) is 7.05 Å². The summed E-state index contributed by atoms with van der Waals surface area (Å²) in [6, 6.07) is 2.25. The number of aromatic nitrogens is 2. The minimum Gasteiger partial charge on any atom is -0.395 e. The van der Waals surface area contributed by atoms with Gasteiger partial charge < -0.3 is 10.0 Å². The molecule has 0 atom stereocenters. The van der Waals surface area contributed by atoms with Crippen LogP contribution in [0.5, 0.6) is 0 Å². The summed E-state index contributed by atoms with van der Waals surface area (Å²) in [7, 11) is 1.90. The molecule has 0 saturated heterocycles. The van der Waals surface area contributed by atoms with Crippen LogP contribution in [0.15, 0.2) is 6.07 Å². The van der Waals surface area contributed by atoms with Gasteiger partial charge in [-0.3, -0.25) is 9.48 Å². The van der Waals surface area contributed by atoms with Gasteiger partial charge >= 0.3 is 0 Å². The zero-order valence-electron chi connectivity index (χ0n) is 11.1. The Morgan fingerprint density at radius 2 is 2.37 bits per heavy atom. The minimum absolute atomic E-state index is 0.0215. The van der Waals surface area contributed by atoms with Crippen molar-refractivity contribution in [2.75, 3.05) is 13.2 Å². The standard InChI is InChI=1S/C13H17N3O2S/c1-8-10-7-11(19-13(10)15(2)14-8)12(18)16(5-6-17)9-3-4-9/h7,9,17H,3-6H2,1-2H3. The van der Waals surface area contributed by atoms with Crippen molar-refractivity contribution in [3.8, 4) is 0 Å². The summed E-state index contributed by atoms with van der Waals surface area (Å²) >= 11 is 1.48. The molecule has 19 heavy (non-hydrogen) atoms. The molecule has 1 saturated carbocycles. The average Bonchev–Trinajstić information content (AvgIpc) is 3.05. The van der Waals surface area contributed by atoms with Crippen LogP contribution in [0.1, 0.15) is 28.2 Å². The number of carbonyl (C=O) groups is 1. The lowest BCUT2D eigenvalue weighted by Crippen LogP contribution is -2.35. The van der Waals surface area contributed by atoms with Crippen molar-refractivity contribution in [1.29, 1.82) is 0 Å². The van der Waals surface area contributed by atoms with Gasteiger partial charge in [0.25, 0.3) is 5.91 Å². The second kappa shape index (κ2) is 4.61. The number of aliphatic hydroxyl groups excluding tert-OH is 1. The number of hydrogen-bond donors (Lipinski definition) is 1. The van der Waals surface area contributed by atoms with Crippen LogP contribution in [0, 0.1) is 6.92 Å². The third kappa shape index (κ3) is 2.15. The van der Waals surface area contributed by atoms with Crippen LogP contribution < -0.4 is 0 Å². The van der Waals surface area contributed by atoms with E-state index < -0.39 is 0 Å². The molecule has 1 N–H and O–H groups in total. The van der Waals surface area contributed by atoms with E-state index in [0.717, 1.165) is 33.6 Å². The van der Waals surface area contributed by atoms with Gasteiger partial charge in [0.2, 0.25) is 0 Å². The molecule has 102 valence electrons. The van der Waals surface area contributed by atoms with Gasteiger partial charge in [-0.25, -0.2) is 0 Å². The molecule has 2 aromatic rings. The molecule has 1 fully saturated rings. The molecule has 6 heteroatoms. The van der Waals surface area contributed by atoms with Crippen LogP contribution >= 0.6 is 11.3 Å². The van der Waals surface area contributed by atoms with Crippen molar-refractivity contribution < 1.29 is 9.90 Å². The quantitative estimate of drug-likeness (QED) is 0.923. The minimum atomic E-state index is 0.0215. The Balaban J connectivity index is 1.94. The van der Waals surface area contributed by atoms with Gasteiger partial charge in [0.05, 0.1) is 17.2 Å². The highest BCUT2D eigenvalue weighted by molar-refractivity contribution is 7.20. The SMILES string of the molecule is Cc1nn(C)c2sc(C(=O)N(CCO)C3CC3)cc12. The maximum Gasteiger partial charge on any atom is 0.264 e. The van der Waals surface area contributed by atoms with Crippen LogP contribution in [0.4, 0.5) is 0 Å². The number of fused-ring (bicyclic) bond motifs is 1. The van der Waals surface area contributed by atoms with E-state index in [-0.39, 0.29) is 12.5 Å². The van der Waals surface area contributed by atoms with E-state index in [1.807, 2.05) is 24.7 Å². The normalized spacial score (nSPS) is 15.1. The zero-order valence-corrected chi connectivity index (χ0v) is 11.9. The molecular formula is C13H17N3O2S. The Bertz CT molecular complexity index is 593. The summed E-state index contributed by atoms with van der Waals surface area (Å²) in [6.45, 7) is 2.40. The van der Waals surface area contributed by atoms with E-state index in [1.54, 1.807) is 4.90 Å². The van der Waals surface area contributed by atoms with Crippen molar-refractivity contribution in [3.63, 3.8) is 0 Å². The number of aryl methyl sites for hydroxylation is 2. The van der Waals surface area contributed by atoms with Gasteiger partial charge in [0, 0.05) is 25.0 Å². The predicted octanol–water partition coefficient (Wildman–Crippen LogP) is 1.54. The second-order valence-corrected chi connectivity index (χ2v) is 6.02. The molecule has 0 spiro atoms. The molecule has 5 nitrogen and oxygen atoms in total. The molecule has 0 radical (unpaired) electrons. The number of hydrogen-bond acceptors (Lipinski definition) is 4. The predicted molar refractivity (Wildman–Crippen MR) is 74.5 cm³/mol. The summed E-state index contributed by atoms with van der Waals surface area (Å²) in [5.74, 6) is 0.0390. The first kappa shape index (κ1) is 12.6. The number of thiophene rings is 1. The fourth-order valence-electron chi connectivity index (χ4n) is 2.40. The van der Waals surface area contributed by atoms with E-state index in [1.165, 1.54) is 11.3 Å². The van der Waals surface area contributed by atoms with Gasteiger partial charge in [-0.15, -0.1) is 11.3 Å². The lowest BCUT2D eigenvalue weighted by molar-refractivity contribution is 0.0712. The van der Waals surface area contributed by atoms with Crippen molar-refractivity contribution in [1.82, 2.24) is 14.7 Å². The fourth-order valence-corrected chi connectivity index (χ4v) is 3.48. The second-order valence-electron chi connectivity index (χ2n) is 4.99. The Kier molecular flexibility index (Phi) is 3.06. The molecule has 0 aromatic carbocycles. The van der Waals surface area contributed by atoms with E-state index in [0.29, 0.717) is 12.6 Å². The molecule has 2 aromatic heterocycles. The smallest absolute Gasteiger partial charge is 0.264 e. The zero-order chi connectivity index (χ0) is 13.6. The molecule has 0 bridgehead atoms. The van der Waals surface area contributed by atoms with E-state index in [9.17, 15) is 4.79 Å². The summed E-state index contributed by atoms with van der Waals surface area (Å²) in [6.07, 6.45) is 2.11. The van der Waals surface area contributed by atoms with Gasteiger partial charge in [0.15, 0.2) is 0 Å². The Labute approximate surface area is 115 Å². The summed E-state index contributed by atoms with van der Waals surface area (Å²) in [5, 5.41) is 14.5.